The molecule has 0 aliphatic heterocycles. The fraction of sp³-hybridized carbons (Fsp3) is 0. The number of nitrogens with zero attached hydrogens (tertiary/aromatic N) is 2. The van der Waals surface area contributed by atoms with Crippen molar-refractivity contribution in [3.8, 4) is 39.8 Å². The molecule has 122 valence electrons. The molecule has 0 aliphatic carbocycles. The summed E-state index contributed by atoms with van der Waals surface area (Å²) in [6.07, 6.45) is 1.59. The number of phenolic OH excluding ortho intramolecular Hbond substituents is 1. The van der Waals surface area contributed by atoms with E-state index in [-0.39, 0.29) is 5.75 Å². The Morgan fingerprint density at radius 3 is 2.40 bits per heavy atom. The monoisotopic (exact) mass is 348 g/mol. The SMILES string of the molecule is Oc1ccc(Cl)cc1-c1cc(-c2ccco2)nc(-c2ccccc2)n1. The number of phenols is 1. The molecule has 0 saturated heterocycles. The zero-order valence-corrected chi connectivity index (χ0v) is 13.8. The van der Waals surface area contributed by atoms with Crippen molar-refractivity contribution in [3.63, 3.8) is 0 Å². The van der Waals surface area contributed by atoms with Gasteiger partial charge in [-0.25, -0.2) is 9.97 Å². The minimum Gasteiger partial charge on any atom is -0.507 e. The summed E-state index contributed by atoms with van der Waals surface area (Å²) in [7, 11) is 0. The third-order valence-electron chi connectivity index (χ3n) is 3.77. The molecular weight excluding hydrogens is 336 g/mol. The Labute approximate surface area is 149 Å². The van der Waals surface area contributed by atoms with Crippen molar-refractivity contribution in [2.75, 3.05) is 0 Å². The number of hydrogen-bond acceptors (Lipinski definition) is 4. The minimum absolute atomic E-state index is 0.104. The number of rotatable bonds is 3. The van der Waals surface area contributed by atoms with Gasteiger partial charge in [0.25, 0.3) is 0 Å². The van der Waals surface area contributed by atoms with E-state index in [2.05, 4.69) is 9.97 Å². The first-order valence-electron chi connectivity index (χ1n) is 7.68. The standard InChI is InChI=1S/C20H13ClN2O2/c21-14-8-9-18(24)15(11-14)16-12-17(19-7-4-10-25-19)23-20(22-16)13-5-2-1-3-6-13/h1-12,24H. The minimum atomic E-state index is 0.104. The number of hydrogen-bond donors (Lipinski definition) is 1. The van der Waals surface area contributed by atoms with Crippen LogP contribution in [0.5, 0.6) is 5.75 Å². The zero-order valence-electron chi connectivity index (χ0n) is 13.1. The molecule has 2 aromatic carbocycles. The fourth-order valence-corrected chi connectivity index (χ4v) is 2.74. The highest BCUT2D eigenvalue weighted by Gasteiger charge is 2.14. The van der Waals surface area contributed by atoms with Crippen molar-refractivity contribution in [1.29, 1.82) is 0 Å². The van der Waals surface area contributed by atoms with Crippen LogP contribution in [0.4, 0.5) is 0 Å². The zero-order chi connectivity index (χ0) is 17.2. The van der Waals surface area contributed by atoms with Gasteiger partial charge in [-0.05, 0) is 36.4 Å². The van der Waals surface area contributed by atoms with E-state index in [9.17, 15) is 5.11 Å². The molecule has 0 aliphatic rings. The molecule has 0 fully saturated rings. The van der Waals surface area contributed by atoms with E-state index in [1.807, 2.05) is 36.4 Å². The van der Waals surface area contributed by atoms with E-state index < -0.39 is 0 Å². The molecule has 4 nitrogen and oxygen atoms in total. The molecule has 1 N–H and O–H groups in total. The maximum atomic E-state index is 10.2. The maximum absolute atomic E-state index is 10.2. The van der Waals surface area contributed by atoms with Crippen LogP contribution in [0.3, 0.4) is 0 Å². The first-order chi connectivity index (χ1) is 12.2. The van der Waals surface area contributed by atoms with Crippen LogP contribution < -0.4 is 0 Å². The molecule has 2 aromatic heterocycles. The summed E-state index contributed by atoms with van der Waals surface area (Å²) >= 11 is 6.09. The Kier molecular flexibility index (Phi) is 3.96. The Hall–Kier alpha value is -3.11. The molecule has 0 bridgehead atoms. The quantitative estimate of drug-likeness (QED) is 0.536. The van der Waals surface area contributed by atoms with Gasteiger partial charge in [0.2, 0.25) is 0 Å². The first kappa shape index (κ1) is 15.4. The number of benzene rings is 2. The Morgan fingerprint density at radius 1 is 0.840 bits per heavy atom. The van der Waals surface area contributed by atoms with Gasteiger partial charge < -0.3 is 9.52 Å². The van der Waals surface area contributed by atoms with Crippen molar-refractivity contribution >= 4 is 11.6 Å². The van der Waals surface area contributed by atoms with Gasteiger partial charge in [-0.3, -0.25) is 0 Å². The van der Waals surface area contributed by atoms with E-state index in [1.165, 1.54) is 0 Å². The normalized spacial score (nSPS) is 10.8. The van der Waals surface area contributed by atoms with E-state index >= 15 is 0 Å². The van der Waals surface area contributed by atoms with Crippen LogP contribution in [0.15, 0.2) is 77.4 Å². The lowest BCUT2D eigenvalue weighted by molar-refractivity contribution is 0.477. The number of halogens is 1. The molecule has 5 heteroatoms. The highest BCUT2D eigenvalue weighted by molar-refractivity contribution is 6.30. The lowest BCUT2D eigenvalue weighted by Gasteiger charge is -2.09. The second kappa shape index (κ2) is 6.42. The summed E-state index contributed by atoms with van der Waals surface area (Å²) in [4.78, 5) is 9.22. The van der Waals surface area contributed by atoms with Crippen molar-refractivity contribution in [3.05, 3.63) is 78.0 Å². The highest BCUT2D eigenvalue weighted by atomic mass is 35.5. The molecule has 4 rings (SSSR count). The van der Waals surface area contributed by atoms with Gasteiger partial charge in [-0.2, -0.15) is 0 Å². The molecule has 0 radical (unpaired) electrons. The van der Waals surface area contributed by atoms with Crippen LogP contribution in [0.2, 0.25) is 5.02 Å². The lowest BCUT2D eigenvalue weighted by Crippen LogP contribution is -1.95. The smallest absolute Gasteiger partial charge is 0.160 e. The summed E-state index contributed by atoms with van der Waals surface area (Å²) in [6, 6.07) is 19.9. The number of aromatic nitrogens is 2. The van der Waals surface area contributed by atoms with E-state index in [4.69, 9.17) is 16.0 Å². The van der Waals surface area contributed by atoms with Crippen LogP contribution >= 0.6 is 11.6 Å². The maximum Gasteiger partial charge on any atom is 0.160 e. The van der Waals surface area contributed by atoms with Crippen molar-refractivity contribution in [2.24, 2.45) is 0 Å². The summed E-state index contributed by atoms with van der Waals surface area (Å²) in [5, 5.41) is 10.7. The highest BCUT2D eigenvalue weighted by Crippen LogP contribution is 2.33. The van der Waals surface area contributed by atoms with Gasteiger partial charge in [-0.1, -0.05) is 41.9 Å². The molecule has 0 spiro atoms. The second-order valence-corrected chi connectivity index (χ2v) is 5.90. The molecule has 0 amide bonds. The molecule has 0 atom stereocenters. The molecule has 0 unspecified atom stereocenters. The topological polar surface area (TPSA) is 59.2 Å². The predicted molar refractivity (Wildman–Crippen MR) is 97.3 cm³/mol. The molecule has 0 saturated carbocycles. The van der Waals surface area contributed by atoms with Crippen molar-refractivity contribution in [2.45, 2.75) is 0 Å². The van der Waals surface area contributed by atoms with Crippen LogP contribution in [-0.4, -0.2) is 15.1 Å². The van der Waals surface area contributed by atoms with Crippen molar-refractivity contribution < 1.29 is 9.52 Å². The molecule has 2 heterocycles. The van der Waals surface area contributed by atoms with Crippen LogP contribution in [-0.2, 0) is 0 Å². The van der Waals surface area contributed by atoms with E-state index in [0.29, 0.717) is 33.6 Å². The molecule has 25 heavy (non-hydrogen) atoms. The Balaban J connectivity index is 1.95. The summed E-state index contributed by atoms with van der Waals surface area (Å²) in [5.41, 5.74) is 2.62. The largest absolute Gasteiger partial charge is 0.507 e. The van der Waals surface area contributed by atoms with Gasteiger partial charge in [0.05, 0.1) is 12.0 Å². The summed E-state index contributed by atoms with van der Waals surface area (Å²) < 4.78 is 5.48. The molecular formula is C20H13ClN2O2. The third-order valence-corrected chi connectivity index (χ3v) is 4.00. The second-order valence-electron chi connectivity index (χ2n) is 5.47. The first-order valence-corrected chi connectivity index (χ1v) is 8.06. The van der Waals surface area contributed by atoms with Gasteiger partial charge in [0, 0.05) is 16.1 Å². The summed E-state index contributed by atoms with van der Waals surface area (Å²) in [6.45, 7) is 0. The fourth-order valence-electron chi connectivity index (χ4n) is 2.57. The summed E-state index contributed by atoms with van der Waals surface area (Å²) in [5.74, 6) is 1.28. The number of aromatic hydroxyl groups is 1. The average Bonchev–Trinajstić information content (AvgIpc) is 3.19. The van der Waals surface area contributed by atoms with E-state index in [0.717, 1.165) is 5.56 Å². The third kappa shape index (κ3) is 3.12. The predicted octanol–water partition coefficient (Wildman–Crippen LogP) is 5.43. The van der Waals surface area contributed by atoms with Crippen LogP contribution in [0.1, 0.15) is 0 Å². The average molecular weight is 349 g/mol. The molecule has 4 aromatic rings. The number of furan rings is 1. The Morgan fingerprint density at radius 2 is 1.64 bits per heavy atom. The lowest BCUT2D eigenvalue weighted by atomic mass is 10.1. The van der Waals surface area contributed by atoms with Gasteiger partial charge in [0.1, 0.15) is 11.4 Å². The van der Waals surface area contributed by atoms with Crippen LogP contribution in [0.25, 0.3) is 34.1 Å². The van der Waals surface area contributed by atoms with Gasteiger partial charge >= 0.3 is 0 Å². The van der Waals surface area contributed by atoms with E-state index in [1.54, 1.807) is 36.6 Å². The van der Waals surface area contributed by atoms with Crippen molar-refractivity contribution in [1.82, 2.24) is 9.97 Å². The van der Waals surface area contributed by atoms with Crippen LogP contribution in [0, 0.1) is 0 Å². The van der Waals surface area contributed by atoms with Gasteiger partial charge in [0.15, 0.2) is 11.6 Å². The van der Waals surface area contributed by atoms with Gasteiger partial charge in [-0.15, -0.1) is 0 Å². The Bertz CT molecular complexity index is 1020.